The molecule has 1 aliphatic rings. The number of nitrogens with zero attached hydrogens (tertiary/aromatic N) is 1. The van der Waals surface area contributed by atoms with Gasteiger partial charge in [0.1, 0.15) is 5.82 Å². The largest absolute Gasteiger partial charge is 0.342 e. The maximum atomic E-state index is 4.58. The molecular formula is C13H17N3. The van der Waals surface area contributed by atoms with Gasteiger partial charge in [-0.25, -0.2) is 4.98 Å². The Hall–Kier alpha value is -1.35. The molecular weight excluding hydrogens is 198 g/mol. The lowest BCUT2D eigenvalue weighted by Crippen LogP contribution is -2.19. The van der Waals surface area contributed by atoms with Crippen molar-refractivity contribution >= 4 is 11.0 Å². The third-order valence-electron chi connectivity index (χ3n) is 3.06. The fourth-order valence-corrected chi connectivity index (χ4v) is 1.98. The summed E-state index contributed by atoms with van der Waals surface area (Å²) in [4.78, 5) is 7.95. The summed E-state index contributed by atoms with van der Waals surface area (Å²) in [6.45, 7) is 3.14. The molecule has 84 valence electrons. The predicted molar refractivity (Wildman–Crippen MR) is 65.6 cm³/mol. The summed E-state index contributed by atoms with van der Waals surface area (Å²) in [6.07, 6.45) is 3.68. The Morgan fingerprint density at radius 2 is 2.31 bits per heavy atom. The van der Waals surface area contributed by atoms with E-state index < -0.39 is 0 Å². The highest BCUT2D eigenvalue weighted by molar-refractivity contribution is 5.75. The molecule has 16 heavy (non-hydrogen) atoms. The zero-order valence-electron chi connectivity index (χ0n) is 9.59. The standard InChI is InChI=1S/C13H17N3/c1-9-2-5-11-12(8-9)16-13(15-11)6-7-14-10-3-4-10/h2,5,8,10,14H,3-4,6-7H2,1H3,(H,15,16). The molecule has 0 amide bonds. The van der Waals surface area contributed by atoms with Crippen molar-refractivity contribution in [3.8, 4) is 0 Å². The van der Waals surface area contributed by atoms with E-state index in [4.69, 9.17) is 0 Å². The first-order chi connectivity index (χ1) is 7.81. The van der Waals surface area contributed by atoms with Crippen molar-refractivity contribution in [3.05, 3.63) is 29.6 Å². The highest BCUT2D eigenvalue weighted by Crippen LogP contribution is 2.18. The average Bonchev–Trinajstić information content (AvgIpc) is 2.98. The van der Waals surface area contributed by atoms with E-state index in [1.54, 1.807) is 0 Å². The molecule has 1 aromatic heterocycles. The third-order valence-corrected chi connectivity index (χ3v) is 3.06. The molecule has 1 saturated carbocycles. The normalized spacial score (nSPS) is 15.8. The lowest BCUT2D eigenvalue weighted by Gasteiger charge is -1.98. The highest BCUT2D eigenvalue weighted by Gasteiger charge is 2.19. The van der Waals surface area contributed by atoms with Gasteiger partial charge in [0.05, 0.1) is 11.0 Å². The number of aromatic amines is 1. The number of fused-ring (bicyclic) bond motifs is 1. The van der Waals surface area contributed by atoms with E-state index in [9.17, 15) is 0 Å². The lowest BCUT2D eigenvalue weighted by molar-refractivity contribution is 0.670. The van der Waals surface area contributed by atoms with Crippen LogP contribution in [0.1, 0.15) is 24.2 Å². The fourth-order valence-electron chi connectivity index (χ4n) is 1.98. The Kier molecular flexibility index (Phi) is 2.40. The second-order valence-corrected chi connectivity index (χ2v) is 4.68. The van der Waals surface area contributed by atoms with Crippen LogP contribution in [0.4, 0.5) is 0 Å². The molecule has 1 aliphatic carbocycles. The number of hydrogen-bond acceptors (Lipinski definition) is 2. The van der Waals surface area contributed by atoms with Gasteiger partial charge in [-0.1, -0.05) is 6.07 Å². The van der Waals surface area contributed by atoms with Crippen LogP contribution in [-0.4, -0.2) is 22.6 Å². The van der Waals surface area contributed by atoms with E-state index in [1.807, 2.05) is 0 Å². The maximum Gasteiger partial charge on any atom is 0.108 e. The topological polar surface area (TPSA) is 40.7 Å². The van der Waals surface area contributed by atoms with Crippen LogP contribution in [0.25, 0.3) is 11.0 Å². The van der Waals surface area contributed by atoms with E-state index in [1.165, 1.54) is 18.4 Å². The number of nitrogens with one attached hydrogen (secondary N) is 2. The van der Waals surface area contributed by atoms with Gasteiger partial charge in [-0.05, 0) is 37.5 Å². The summed E-state index contributed by atoms with van der Waals surface area (Å²) in [5.74, 6) is 1.09. The molecule has 0 unspecified atom stereocenters. The monoisotopic (exact) mass is 215 g/mol. The number of benzene rings is 1. The van der Waals surface area contributed by atoms with Crippen LogP contribution < -0.4 is 5.32 Å². The van der Waals surface area contributed by atoms with E-state index in [2.05, 4.69) is 40.4 Å². The summed E-state index contributed by atoms with van der Waals surface area (Å²) in [5, 5.41) is 3.50. The molecule has 2 aromatic rings. The number of aryl methyl sites for hydroxylation is 1. The van der Waals surface area contributed by atoms with Crippen molar-refractivity contribution < 1.29 is 0 Å². The fraction of sp³-hybridized carbons (Fsp3) is 0.462. The maximum absolute atomic E-state index is 4.58. The van der Waals surface area contributed by atoms with Crippen LogP contribution in [-0.2, 0) is 6.42 Å². The van der Waals surface area contributed by atoms with Crippen molar-refractivity contribution in [1.29, 1.82) is 0 Å². The number of imidazole rings is 1. The number of aromatic nitrogens is 2. The second-order valence-electron chi connectivity index (χ2n) is 4.68. The van der Waals surface area contributed by atoms with Gasteiger partial charge in [-0.3, -0.25) is 0 Å². The zero-order chi connectivity index (χ0) is 11.0. The quantitative estimate of drug-likeness (QED) is 0.820. The highest BCUT2D eigenvalue weighted by atomic mass is 15.0. The van der Waals surface area contributed by atoms with Gasteiger partial charge in [0.15, 0.2) is 0 Å². The molecule has 1 fully saturated rings. The van der Waals surface area contributed by atoms with Crippen molar-refractivity contribution in [2.45, 2.75) is 32.2 Å². The summed E-state index contributed by atoms with van der Waals surface area (Å²) in [7, 11) is 0. The van der Waals surface area contributed by atoms with Crippen LogP contribution in [0.3, 0.4) is 0 Å². The van der Waals surface area contributed by atoms with Crippen molar-refractivity contribution in [2.75, 3.05) is 6.54 Å². The molecule has 0 saturated heterocycles. The van der Waals surface area contributed by atoms with Gasteiger partial charge in [-0.2, -0.15) is 0 Å². The molecule has 1 heterocycles. The molecule has 0 bridgehead atoms. The van der Waals surface area contributed by atoms with Crippen LogP contribution in [0, 0.1) is 6.92 Å². The van der Waals surface area contributed by atoms with Crippen LogP contribution in [0.2, 0.25) is 0 Å². The van der Waals surface area contributed by atoms with Crippen molar-refractivity contribution in [1.82, 2.24) is 15.3 Å². The summed E-state index contributed by atoms with van der Waals surface area (Å²) < 4.78 is 0. The second kappa shape index (κ2) is 3.91. The Labute approximate surface area is 95.3 Å². The smallest absolute Gasteiger partial charge is 0.108 e. The first-order valence-corrected chi connectivity index (χ1v) is 6.00. The average molecular weight is 215 g/mol. The van der Waals surface area contributed by atoms with Gasteiger partial charge in [-0.15, -0.1) is 0 Å². The summed E-state index contributed by atoms with van der Waals surface area (Å²) in [6, 6.07) is 7.13. The third kappa shape index (κ3) is 2.09. The minimum Gasteiger partial charge on any atom is -0.342 e. The Balaban J connectivity index is 1.71. The predicted octanol–water partition coefficient (Wildman–Crippen LogP) is 2.17. The van der Waals surface area contributed by atoms with Gasteiger partial charge >= 0.3 is 0 Å². The minimum atomic E-state index is 0.784. The molecule has 3 nitrogen and oxygen atoms in total. The molecule has 2 N–H and O–H groups in total. The number of H-pyrrole nitrogens is 1. The van der Waals surface area contributed by atoms with Gasteiger partial charge in [0.25, 0.3) is 0 Å². The summed E-state index contributed by atoms with van der Waals surface area (Å²) in [5.41, 5.74) is 3.51. The molecule has 3 heteroatoms. The zero-order valence-corrected chi connectivity index (χ0v) is 9.59. The SMILES string of the molecule is Cc1ccc2nc(CCNC3CC3)[nH]c2c1. The molecule has 0 atom stereocenters. The van der Waals surface area contributed by atoms with Crippen molar-refractivity contribution in [3.63, 3.8) is 0 Å². The first kappa shape index (κ1) is 9.85. The number of rotatable bonds is 4. The van der Waals surface area contributed by atoms with Crippen LogP contribution >= 0.6 is 0 Å². The first-order valence-electron chi connectivity index (χ1n) is 6.00. The molecule has 0 aliphatic heterocycles. The summed E-state index contributed by atoms with van der Waals surface area (Å²) >= 11 is 0. The van der Waals surface area contributed by atoms with Crippen molar-refractivity contribution in [2.24, 2.45) is 0 Å². The minimum absolute atomic E-state index is 0.784. The Morgan fingerprint density at radius 3 is 3.12 bits per heavy atom. The molecule has 0 radical (unpaired) electrons. The van der Waals surface area contributed by atoms with E-state index in [-0.39, 0.29) is 0 Å². The van der Waals surface area contributed by atoms with Crippen LogP contribution in [0.15, 0.2) is 18.2 Å². The Morgan fingerprint density at radius 1 is 1.44 bits per heavy atom. The molecule has 3 rings (SSSR count). The van der Waals surface area contributed by atoms with E-state index >= 15 is 0 Å². The number of hydrogen-bond donors (Lipinski definition) is 2. The lowest BCUT2D eigenvalue weighted by atomic mass is 10.2. The van der Waals surface area contributed by atoms with Gasteiger partial charge in [0, 0.05) is 19.0 Å². The van der Waals surface area contributed by atoms with E-state index in [0.717, 1.165) is 35.9 Å². The molecule has 0 spiro atoms. The van der Waals surface area contributed by atoms with E-state index in [0.29, 0.717) is 0 Å². The Bertz CT molecular complexity index is 497. The van der Waals surface area contributed by atoms with Gasteiger partial charge in [0.2, 0.25) is 0 Å². The molecule has 1 aromatic carbocycles. The van der Waals surface area contributed by atoms with Gasteiger partial charge < -0.3 is 10.3 Å². The van der Waals surface area contributed by atoms with Crippen LogP contribution in [0.5, 0.6) is 0 Å².